The summed E-state index contributed by atoms with van der Waals surface area (Å²) in [5.74, 6) is -0.316. The minimum atomic E-state index is -0.847. The highest BCUT2D eigenvalue weighted by atomic mass is 16.2. The molecule has 7 heteroatoms. The number of piperidine rings is 1. The van der Waals surface area contributed by atoms with Gasteiger partial charge in [-0.1, -0.05) is 13.0 Å². The zero-order valence-corrected chi connectivity index (χ0v) is 13.3. The quantitative estimate of drug-likeness (QED) is 0.818. The van der Waals surface area contributed by atoms with E-state index in [1.54, 1.807) is 11.1 Å². The molecule has 1 aromatic rings. The Morgan fingerprint density at radius 3 is 2.61 bits per heavy atom. The van der Waals surface area contributed by atoms with E-state index in [0.717, 1.165) is 16.9 Å². The fourth-order valence-corrected chi connectivity index (χ4v) is 3.25. The third kappa shape index (κ3) is 2.46. The highest BCUT2D eigenvalue weighted by Crippen LogP contribution is 2.29. The van der Waals surface area contributed by atoms with E-state index in [2.05, 4.69) is 10.3 Å². The number of nitrogens with one attached hydrogen (secondary N) is 1. The van der Waals surface area contributed by atoms with Gasteiger partial charge in [0.2, 0.25) is 0 Å². The molecule has 0 aliphatic carbocycles. The van der Waals surface area contributed by atoms with E-state index in [1.807, 2.05) is 19.1 Å². The first-order valence-corrected chi connectivity index (χ1v) is 7.82. The Balaban J connectivity index is 1.73. The number of nitrogens with zero attached hydrogens (tertiary/aromatic N) is 3. The second-order valence-electron chi connectivity index (χ2n) is 6.03. The lowest BCUT2D eigenvalue weighted by Gasteiger charge is -2.37. The molecule has 2 saturated heterocycles. The van der Waals surface area contributed by atoms with Crippen molar-refractivity contribution < 1.29 is 14.4 Å². The highest BCUT2D eigenvalue weighted by Gasteiger charge is 2.51. The van der Waals surface area contributed by atoms with Crippen molar-refractivity contribution in [1.29, 1.82) is 0 Å². The molecule has 0 atom stereocenters. The maximum absolute atomic E-state index is 12.7. The minimum Gasteiger partial charge on any atom is -0.337 e. The molecule has 1 spiro atoms. The second-order valence-corrected chi connectivity index (χ2v) is 6.03. The van der Waals surface area contributed by atoms with Gasteiger partial charge in [-0.25, -0.2) is 4.79 Å². The number of likely N-dealkylation sites (tertiary alicyclic amines) is 1. The maximum Gasteiger partial charge on any atom is 0.324 e. The Hall–Kier alpha value is -2.44. The number of rotatable bonds is 2. The summed E-state index contributed by atoms with van der Waals surface area (Å²) in [4.78, 5) is 43.7. The van der Waals surface area contributed by atoms with Crippen molar-refractivity contribution in [1.82, 2.24) is 20.1 Å². The molecule has 0 unspecified atom stereocenters. The van der Waals surface area contributed by atoms with Crippen LogP contribution in [0.5, 0.6) is 0 Å². The molecular weight excluding hydrogens is 296 g/mol. The van der Waals surface area contributed by atoms with Gasteiger partial charge in [0.15, 0.2) is 0 Å². The summed E-state index contributed by atoms with van der Waals surface area (Å²) in [5, 5.41) is 2.77. The van der Waals surface area contributed by atoms with Crippen LogP contribution in [0.1, 0.15) is 35.8 Å². The van der Waals surface area contributed by atoms with Gasteiger partial charge in [-0.15, -0.1) is 0 Å². The summed E-state index contributed by atoms with van der Waals surface area (Å²) >= 11 is 0. The summed E-state index contributed by atoms with van der Waals surface area (Å²) in [6.07, 6.45) is 3.23. The summed E-state index contributed by atoms with van der Waals surface area (Å²) in [7, 11) is 1.48. The molecule has 0 bridgehead atoms. The number of amides is 4. The van der Waals surface area contributed by atoms with Crippen LogP contribution in [0.2, 0.25) is 0 Å². The molecule has 23 heavy (non-hydrogen) atoms. The Kier molecular flexibility index (Phi) is 3.79. The average molecular weight is 316 g/mol. The Bertz CT molecular complexity index is 665. The van der Waals surface area contributed by atoms with Crippen LogP contribution in [0.25, 0.3) is 0 Å². The van der Waals surface area contributed by atoms with Crippen LogP contribution in [0.15, 0.2) is 18.3 Å². The zero-order chi connectivity index (χ0) is 16.6. The lowest BCUT2D eigenvalue weighted by atomic mass is 9.87. The maximum atomic E-state index is 12.7. The molecule has 7 nitrogen and oxygen atoms in total. The average Bonchev–Trinajstić information content (AvgIpc) is 2.79. The molecule has 0 saturated carbocycles. The molecule has 0 aromatic carbocycles. The number of likely N-dealkylation sites (N-methyl/N-ethyl adjacent to an activating group) is 1. The van der Waals surface area contributed by atoms with Gasteiger partial charge in [0.25, 0.3) is 11.8 Å². The lowest BCUT2D eigenvalue weighted by molar-refractivity contribution is -0.131. The lowest BCUT2D eigenvalue weighted by Crippen LogP contribution is -2.55. The molecule has 3 rings (SSSR count). The van der Waals surface area contributed by atoms with Crippen molar-refractivity contribution in [3.05, 3.63) is 29.6 Å². The summed E-state index contributed by atoms with van der Waals surface area (Å²) in [6.45, 7) is 2.85. The predicted molar refractivity (Wildman–Crippen MR) is 82.8 cm³/mol. The van der Waals surface area contributed by atoms with E-state index in [1.165, 1.54) is 7.05 Å². The first-order chi connectivity index (χ1) is 11.0. The third-order valence-electron chi connectivity index (χ3n) is 4.74. The third-order valence-corrected chi connectivity index (χ3v) is 4.74. The number of pyridine rings is 1. The van der Waals surface area contributed by atoms with E-state index in [0.29, 0.717) is 31.6 Å². The minimum absolute atomic E-state index is 0.109. The monoisotopic (exact) mass is 316 g/mol. The van der Waals surface area contributed by atoms with E-state index in [9.17, 15) is 14.4 Å². The van der Waals surface area contributed by atoms with Gasteiger partial charge >= 0.3 is 6.03 Å². The molecule has 2 aliphatic heterocycles. The van der Waals surface area contributed by atoms with Crippen LogP contribution in [0, 0.1) is 0 Å². The van der Waals surface area contributed by atoms with Crippen LogP contribution in [0.3, 0.4) is 0 Å². The van der Waals surface area contributed by atoms with Gasteiger partial charge < -0.3 is 10.2 Å². The van der Waals surface area contributed by atoms with Crippen molar-refractivity contribution in [3.8, 4) is 0 Å². The zero-order valence-electron chi connectivity index (χ0n) is 13.3. The van der Waals surface area contributed by atoms with Gasteiger partial charge in [-0.05, 0) is 30.9 Å². The van der Waals surface area contributed by atoms with Gasteiger partial charge in [-0.2, -0.15) is 0 Å². The fraction of sp³-hybridized carbons (Fsp3) is 0.500. The number of aromatic nitrogens is 1. The predicted octanol–water partition coefficient (Wildman–Crippen LogP) is 0.800. The number of hydrogen-bond donors (Lipinski definition) is 1. The van der Waals surface area contributed by atoms with Gasteiger partial charge in [0.1, 0.15) is 11.2 Å². The molecule has 3 heterocycles. The van der Waals surface area contributed by atoms with Gasteiger partial charge in [0, 0.05) is 26.3 Å². The number of urea groups is 1. The normalized spacial score (nSPS) is 20.1. The molecule has 4 amide bonds. The Morgan fingerprint density at radius 1 is 1.35 bits per heavy atom. The molecular formula is C16H20N4O3. The Labute approximate surface area is 134 Å². The molecule has 122 valence electrons. The number of imide groups is 1. The summed E-state index contributed by atoms with van der Waals surface area (Å²) in [6, 6.07) is 3.36. The number of aryl methyl sites for hydroxylation is 1. The number of carbonyl (C=O) groups excluding carboxylic acids is 3. The van der Waals surface area contributed by atoms with Crippen LogP contribution in [-0.4, -0.2) is 58.3 Å². The fourth-order valence-electron chi connectivity index (χ4n) is 3.25. The van der Waals surface area contributed by atoms with Crippen molar-refractivity contribution in [2.45, 2.75) is 31.7 Å². The van der Waals surface area contributed by atoms with Crippen LogP contribution >= 0.6 is 0 Å². The van der Waals surface area contributed by atoms with E-state index in [4.69, 9.17) is 0 Å². The van der Waals surface area contributed by atoms with Crippen molar-refractivity contribution in [3.63, 3.8) is 0 Å². The van der Waals surface area contributed by atoms with E-state index < -0.39 is 5.54 Å². The smallest absolute Gasteiger partial charge is 0.324 e. The largest absolute Gasteiger partial charge is 0.337 e. The van der Waals surface area contributed by atoms with Crippen molar-refractivity contribution in [2.75, 3.05) is 20.1 Å². The number of carbonyl (C=O) groups is 3. The van der Waals surface area contributed by atoms with Crippen LogP contribution in [0.4, 0.5) is 4.79 Å². The first kappa shape index (κ1) is 15.5. The second kappa shape index (κ2) is 5.64. The topological polar surface area (TPSA) is 82.6 Å². The van der Waals surface area contributed by atoms with Gasteiger partial charge in [0.05, 0.1) is 0 Å². The molecule has 2 fully saturated rings. The van der Waals surface area contributed by atoms with E-state index >= 15 is 0 Å². The molecule has 2 aliphatic rings. The standard InChI is InChI=1S/C16H20N4O3/c1-3-11-5-4-8-17-12(11)13(21)20-9-6-16(7-10-20)14(22)19(2)15(23)18-16/h4-5,8H,3,6-7,9-10H2,1-2H3,(H,18,23). The molecule has 1 aromatic heterocycles. The van der Waals surface area contributed by atoms with Crippen LogP contribution in [-0.2, 0) is 11.2 Å². The molecule has 0 radical (unpaired) electrons. The van der Waals surface area contributed by atoms with E-state index in [-0.39, 0.29) is 17.8 Å². The van der Waals surface area contributed by atoms with Gasteiger partial charge in [-0.3, -0.25) is 19.5 Å². The van der Waals surface area contributed by atoms with Crippen LogP contribution < -0.4 is 5.32 Å². The SMILES string of the molecule is CCc1cccnc1C(=O)N1CCC2(CC1)NC(=O)N(C)C2=O. The summed E-state index contributed by atoms with van der Waals surface area (Å²) in [5.41, 5.74) is 0.549. The summed E-state index contributed by atoms with van der Waals surface area (Å²) < 4.78 is 0. The number of hydrogen-bond acceptors (Lipinski definition) is 4. The van der Waals surface area contributed by atoms with Crippen molar-refractivity contribution in [2.24, 2.45) is 0 Å². The molecule has 1 N–H and O–H groups in total. The van der Waals surface area contributed by atoms with Crippen molar-refractivity contribution >= 4 is 17.8 Å². The highest BCUT2D eigenvalue weighted by molar-refractivity contribution is 6.07. The Morgan fingerprint density at radius 2 is 2.04 bits per heavy atom. The first-order valence-electron chi connectivity index (χ1n) is 7.82.